The van der Waals surface area contributed by atoms with E-state index in [9.17, 15) is 0 Å². The van der Waals surface area contributed by atoms with E-state index in [-0.39, 0.29) is 5.92 Å². The van der Waals surface area contributed by atoms with Crippen molar-refractivity contribution in [3.63, 3.8) is 0 Å². The van der Waals surface area contributed by atoms with E-state index in [4.69, 9.17) is 5.26 Å². The Morgan fingerprint density at radius 1 is 1.43 bits per heavy atom. The van der Waals surface area contributed by atoms with Gasteiger partial charge >= 0.3 is 0 Å². The van der Waals surface area contributed by atoms with Crippen LogP contribution >= 0.6 is 27.3 Å². The first kappa shape index (κ1) is 10.2. The number of halogens is 1. The van der Waals surface area contributed by atoms with Crippen LogP contribution in [0.5, 0.6) is 0 Å². The molecular formula is C11H12BrNS. The molecule has 1 aromatic heterocycles. The van der Waals surface area contributed by atoms with E-state index in [1.807, 2.05) is 18.3 Å². The number of hydrogen-bond donors (Lipinski definition) is 0. The lowest BCUT2D eigenvalue weighted by Crippen LogP contribution is -1.98. The van der Waals surface area contributed by atoms with Gasteiger partial charge in [0.05, 0.1) is 12.0 Å². The van der Waals surface area contributed by atoms with E-state index in [1.165, 1.54) is 45.5 Å². The fourth-order valence-corrected chi connectivity index (χ4v) is 4.32. The first-order valence-corrected chi connectivity index (χ1v) is 6.54. The van der Waals surface area contributed by atoms with Crippen LogP contribution in [0.1, 0.15) is 41.0 Å². The molecule has 1 aromatic rings. The molecule has 0 aliphatic heterocycles. The van der Waals surface area contributed by atoms with E-state index < -0.39 is 0 Å². The molecule has 0 aromatic carbocycles. The monoisotopic (exact) mass is 269 g/mol. The second-order valence-electron chi connectivity index (χ2n) is 3.74. The Hall–Kier alpha value is -0.330. The lowest BCUT2D eigenvalue weighted by Gasteiger charge is -2.10. The summed E-state index contributed by atoms with van der Waals surface area (Å²) in [6.07, 6.45) is 4.99. The molecular weight excluding hydrogens is 258 g/mol. The lowest BCUT2D eigenvalue weighted by molar-refractivity contribution is 0.694. The van der Waals surface area contributed by atoms with Crippen LogP contribution in [0.4, 0.5) is 0 Å². The molecule has 2 rings (SSSR count). The molecule has 1 nitrogen and oxygen atoms in total. The van der Waals surface area contributed by atoms with Gasteiger partial charge in [-0.2, -0.15) is 5.26 Å². The third kappa shape index (κ3) is 1.62. The molecule has 1 unspecified atom stereocenters. The number of rotatable bonds is 1. The number of thiophene rings is 1. The minimum absolute atomic E-state index is 0.0278. The van der Waals surface area contributed by atoms with Gasteiger partial charge in [-0.05, 0) is 54.1 Å². The predicted octanol–water partition coefficient (Wildman–Crippen LogP) is 4.02. The first-order chi connectivity index (χ1) is 6.74. The number of hydrogen-bond acceptors (Lipinski definition) is 2. The summed E-state index contributed by atoms with van der Waals surface area (Å²) < 4.78 is 1.21. The first-order valence-electron chi connectivity index (χ1n) is 4.93. The normalized spacial score (nSPS) is 17.2. The van der Waals surface area contributed by atoms with E-state index in [2.05, 4.69) is 22.0 Å². The van der Waals surface area contributed by atoms with Gasteiger partial charge in [-0.3, -0.25) is 0 Å². The SMILES string of the molecule is CC(C#N)c1sc2c(c1Br)CCCC2. The highest BCUT2D eigenvalue weighted by molar-refractivity contribution is 9.10. The highest BCUT2D eigenvalue weighted by atomic mass is 79.9. The van der Waals surface area contributed by atoms with Crippen LogP contribution in [-0.4, -0.2) is 0 Å². The number of nitrogens with zero attached hydrogens (tertiary/aromatic N) is 1. The molecule has 0 radical (unpaired) electrons. The van der Waals surface area contributed by atoms with Crippen LogP contribution in [0, 0.1) is 11.3 Å². The van der Waals surface area contributed by atoms with Gasteiger partial charge in [0, 0.05) is 14.2 Å². The van der Waals surface area contributed by atoms with Gasteiger partial charge in [-0.25, -0.2) is 0 Å². The van der Waals surface area contributed by atoms with Crippen LogP contribution in [0.15, 0.2) is 4.47 Å². The molecule has 1 aliphatic carbocycles. The highest BCUT2D eigenvalue weighted by Crippen LogP contribution is 2.41. The zero-order valence-electron chi connectivity index (χ0n) is 8.14. The third-order valence-electron chi connectivity index (χ3n) is 2.72. The molecule has 0 saturated heterocycles. The Labute approximate surface area is 96.9 Å². The average Bonchev–Trinajstić information content (AvgIpc) is 2.56. The molecule has 1 atom stereocenters. The summed E-state index contributed by atoms with van der Waals surface area (Å²) in [5.41, 5.74) is 1.47. The van der Waals surface area contributed by atoms with E-state index in [1.54, 1.807) is 0 Å². The van der Waals surface area contributed by atoms with Crippen LogP contribution < -0.4 is 0 Å². The Morgan fingerprint density at radius 2 is 2.14 bits per heavy atom. The number of fused-ring (bicyclic) bond motifs is 1. The summed E-state index contributed by atoms with van der Waals surface area (Å²) in [7, 11) is 0. The standard InChI is InChI=1S/C11H12BrNS/c1-7(6-13)11-10(12)8-4-2-3-5-9(8)14-11/h7H,2-5H2,1H3. The van der Waals surface area contributed by atoms with Gasteiger partial charge in [-0.15, -0.1) is 11.3 Å². The topological polar surface area (TPSA) is 23.8 Å². The number of nitriles is 1. The molecule has 0 amide bonds. The Bertz CT molecular complexity index is 389. The Kier molecular flexibility index (Phi) is 2.94. The summed E-state index contributed by atoms with van der Waals surface area (Å²) in [6.45, 7) is 1.97. The van der Waals surface area contributed by atoms with Gasteiger partial charge in [0.2, 0.25) is 0 Å². The summed E-state index contributed by atoms with van der Waals surface area (Å²) in [5, 5.41) is 8.91. The van der Waals surface area contributed by atoms with Crippen LogP contribution in [0.25, 0.3) is 0 Å². The summed E-state index contributed by atoms with van der Waals surface area (Å²) in [4.78, 5) is 2.72. The number of aryl methyl sites for hydroxylation is 1. The van der Waals surface area contributed by atoms with E-state index >= 15 is 0 Å². The molecule has 1 aliphatic rings. The molecule has 0 spiro atoms. The average molecular weight is 270 g/mol. The largest absolute Gasteiger partial charge is 0.198 e. The van der Waals surface area contributed by atoms with Crippen molar-refractivity contribution in [1.29, 1.82) is 5.26 Å². The van der Waals surface area contributed by atoms with Crippen molar-refractivity contribution in [3.8, 4) is 6.07 Å². The smallest absolute Gasteiger partial charge is 0.0789 e. The van der Waals surface area contributed by atoms with Gasteiger partial charge in [0.1, 0.15) is 0 Å². The second kappa shape index (κ2) is 4.04. The maximum Gasteiger partial charge on any atom is 0.0789 e. The quantitative estimate of drug-likeness (QED) is 0.756. The van der Waals surface area contributed by atoms with Crippen molar-refractivity contribution < 1.29 is 0 Å². The third-order valence-corrected chi connectivity index (χ3v) is 5.36. The predicted molar refractivity (Wildman–Crippen MR) is 62.7 cm³/mol. The molecule has 74 valence electrons. The maximum absolute atomic E-state index is 8.91. The van der Waals surface area contributed by atoms with Gasteiger partial charge in [-0.1, -0.05) is 0 Å². The highest BCUT2D eigenvalue weighted by Gasteiger charge is 2.21. The zero-order valence-corrected chi connectivity index (χ0v) is 10.5. The van der Waals surface area contributed by atoms with Crippen molar-refractivity contribution in [2.45, 2.75) is 38.5 Å². The summed E-state index contributed by atoms with van der Waals surface area (Å²) >= 11 is 5.46. The van der Waals surface area contributed by atoms with Crippen LogP contribution in [-0.2, 0) is 12.8 Å². The molecule has 0 N–H and O–H groups in total. The molecule has 14 heavy (non-hydrogen) atoms. The summed E-state index contributed by atoms with van der Waals surface area (Å²) in [6, 6.07) is 2.31. The van der Waals surface area contributed by atoms with E-state index in [0.29, 0.717) is 0 Å². The fourth-order valence-electron chi connectivity index (χ4n) is 1.89. The molecule has 0 fully saturated rings. The minimum atomic E-state index is 0.0278. The Morgan fingerprint density at radius 3 is 2.79 bits per heavy atom. The summed E-state index contributed by atoms with van der Waals surface area (Å²) in [5.74, 6) is 0.0278. The second-order valence-corrected chi connectivity index (χ2v) is 5.67. The van der Waals surface area contributed by atoms with E-state index in [0.717, 1.165) is 0 Å². The Balaban J connectivity index is 2.44. The van der Waals surface area contributed by atoms with Gasteiger partial charge in [0.25, 0.3) is 0 Å². The van der Waals surface area contributed by atoms with Crippen molar-refractivity contribution in [2.24, 2.45) is 0 Å². The molecule has 3 heteroatoms. The van der Waals surface area contributed by atoms with Gasteiger partial charge < -0.3 is 0 Å². The minimum Gasteiger partial charge on any atom is -0.198 e. The maximum atomic E-state index is 8.91. The molecule has 0 saturated carbocycles. The lowest BCUT2D eigenvalue weighted by atomic mass is 9.98. The molecule has 1 heterocycles. The van der Waals surface area contributed by atoms with Gasteiger partial charge in [0.15, 0.2) is 0 Å². The van der Waals surface area contributed by atoms with Crippen molar-refractivity contribution in [1.82, 2.24) is 0 Å². The van der Waals surface area contributed by atoms with Crippen molar-refractivity contribution >= 4 is 27.3 Å². The van der Waals surface area contributed by atoms with Crippen LogP contribution in [0.3, 0.4) is 0 Å². The molecule has 0 bridgehead atoms. The fraction of sp³-hybridized carbons (Fsp3) is 0.545. The van der Waals surface area contributed by atoms with Crippen LogP contribution in [0.2, 0.25) is 0 Å². The zero-order chi connectivity index (χ0) is 10.1. The van der Waals surface area contributed by atoms with Crippen molar-refractivity contribution in [2.75, 3.05) is 0 Å². The van der Waals surface area contributed by atoms with Crippen molar-refractivity contribution in [3.05, 3.63) is 19.8 Å².